The van der Waals surface area contributed by atoms with Crippen LogP contribution in [-0.4, -0.2) is 32.3 Å². The van der Waals surface area contributed by atoms with Crippen LogP contribution in [0, 0.1) is 0 Å². The molecule has 186 valence electrons. The summed E-state index contributed by atoms with van der Waals surface area (Å²) in [4.78, 5) is 14.4. The molecule has 0 fully saturated rings. The standard InChI is InChI=1S/C30H26N2O5/c33-29(31-23-11-13-25-27(19-23)36-17-15-34-25)30(21-7-3-1-4-8-21,22-9-5-2-6-10-22)32-24-12-14-26-28(20-24)37-18-16-35-26/h1-14,19-20,32H,15-18H2,(H,31,33). The minimum Gasteiger partial charge on any atom is -0.486 e. The van der Waals surface area contributed by atoms with Crippen molar-refractivity contribution in [1.29, 1.82) is 0 Å². The highest BCUT2D eigenvalue weighted by molar-refractivity contribution is 6.04. The van der Waals surface area contributed by atoms with E-state index in [1.165, 1.54) is 0 Å². The minimum atomic E-state index is -1.26. The highest BCUT2D eigenvalue weighted by atomic mass is 16.6. The van der Waals surface area contributed by atoms with Crippen molar-refractivity contribution in [2.45, 2.75) is 5.54 Å². The number of anilines is 2. The van der Waals surface area contributed by atoms with Crippen LogP contribution in [0.3, 0.4) is 0 Å². The zero-order valence-electron chi connectivity index (χ0n) is 20.1. The predicted octanol–water partition coefficient (Wildman–Crippen LogP) is 5.22. The van der Waals surface area contributed by atoms with E-state index in [1.807, 2.05) is 91.0 Å². The molecule has 0 saturated carbocycles. The molecule has 4 aromatic rings. The lowest BCUT2D eigenvalue weighted by Gasteiger charge is -2.36. The first-order valence-corrected chi connectivity index (χ1v) is 12.2. The van der Waals surface area contributed by atoms with Crippen molar-refractivity contribution in [3.05, 3.63) is 108 Å². The van der Waals surface area contributed by atoms with Gasteiger partial charge >= 0.3 is 0 Å². The number of carbonyl (C=O) groups is 1. The van der Waals surface area contributed by atoms with Crippen LogP contribution in [0.25, 0.3) is 0 Å². The number of hydrogen-bond acceptors (Lipinski definition) is 6. The Morgan fingerprint density at radius 1 is 0.568 bits per heavy atom. The second-order valence-corrected chi connectivity index (χ2v) is 8.78. The molecule has 2 N–H and O–H groups in total. The number of rotatable bonds is 6. The summed E-state index contributed by atoms with van der Waals surface area (Å²) in [5.41, 5.74) is 1.63. The molecule has 1 amide bonds. The Bertz CT molecular complexity index is 1370. The van der Waals surface area contributed by atoms with Crippen LogP contribution >= 0.6 is 0 Å². The number of fused-ring (bicyclic) bond motifs is 2. The smallest absolute Gasteiger partial charge is 0.259 e. The topological polar surface area (TPSA) is 78.1 Å². The monoisotopic (exact) mass is 494 g/mol. The Hall–Kier alpha value is -4.65. The Labute approximate surface area is 214 Å². The minimum absolute atomic E-state index is 0.253. The summed E-state index contributed by atoms with van der Waals surface area (Å²) < 4.78 is 22.9. The van der Waals surface area contributed by atoms with Crippen molar-refractivity contribution in [3.63, 3.8) is 0 Å². The van der Waals surface area contributed by atoms with Crippen molar-refractivity contribution < 1.29 is 23.7 Å². The van der Waals surface area contributed by atoms with E-state index < -0.39 is 5.54 Å². The van der Waals surface area contributed by atoms with E-state index in [0.29, 0.717) is 60.8 Å². The molecule has 0 spiro atoms. The van der Waals surface area contributed by atoms with Gasteiger partial charge in [0.1, 0.15) is 26.4 Å². The lowest BCUT2D eigenvalue weighted by Crippen LogP contribution is -2.48. The van der Waals surface area contributed by atoms with Crippen LogP contribution in [0.4, 0.5) is 11.4 Å². The number of ether oxygens (including phenoxy) is 4. The number of amides is 1. The van der Waals surface area contributed by atoms with E-state index in [-0.39, 0.29) is 5.91 Å². The summed E-state index contributed by atoms with van der Waals surface area (Å²) in [6.07, 6.45) is 0. The first-order valence-electron chi connectivity index (χ1n) is 12.2. The predicted molar refractivity (Wildman–Crippen MR) is 141 cm³/mol. The van der Waals surface area contributed by atoms with Gasteiger partial charge in [0.25, 0.3) is 5.91 Å². The number of hydrogen-bond donors (Lipinski definition) is 2. The Morgan fingerprint density at radius 3 is 1.57 bits per heavy atom. The van der Waals surface area contributed by atoms with Crippen LogP contribution in [0.5, 0.6) is 23.0 Å². The van der Waals surface area contributed by atoms with E-state index in [0.717, 1.165) is 11.1 Å². The van der Waals surface area contributed by atoms with Crippen molar-refractivity contribution in [3.8, 4) is 23.0 Å². The van der Waals surface area contributed by atoms with Gasteiger partial charge in [-0.1, -0.05) is 60.7 Å². The van der Waals surface area contributed by atoms with Crippen LogP contribution in [0.2, 0.25) is 0 Å². The van der Waals surface area contributed by atoms with Gasteiger partial charge in [0.15, 0.2) is 28.5 Å². The van der Waals surface area contributed by atoms with Crippen molar-refractivity contribution >= 4 is 17.3 Å². The third kappa shape index (κ3) is 4.40. The second-order valence-electron chi connectivity index (χ2n) is 8.78. The van der Waals surface area contributed by atoms with Crippen LogP contribution in [0.1, 0.15) is 11.1 Å². The van der Waals surface area contributed by atoms with E-state index >= 15 is 0 Å². The van der Waals surface area contributed by atoms with Gasteiger partial charge in [-0.3, -0.25) is 4.79 Å². The van der Waals surface area contributed by atoms with Gasteiger partial charge in [-0.15, -0.1) is 0 Å². The molecule has 2 aliphatic rings. The Kier molecular flexibility index (Phi) is 6.02. The zero-order chi connectivity index (χ0) is 25.1. The van der Waals surface area contributed by atoms with Gasteiger partial charge < -0.3 is 29.6 Å². The van der Waals surface area contributed by atoms with Gasteiger partial charge in [-0.05, 0) is 35.4 Å². The number of benzene rings is 4. The molecule has 2 heterocycles. The second kappa shape index (κ2) is 9.78. The lowest BCUT2D eigenvalue weighted by atomic mass is 9.81. The molecule has 0 aliphatic carbocycles. The van der Waals surface area contributed by atoms with Crippen molar-refractivity contribution in [2.24, 2.45) is 0 Å². The number of carbonyl (C=O) groups excluding carboxylic acids is 1. The van der Waals surface area contributed by atoms with E-state index in [9.17, 15) is 4.79 Å². The molecule has 7 heteroatoms. The molecule has 0 saturated heterocycles. The highest BCUT2D eigenvalue weighted by Crippen LogP contribution is 2.39. The maximum atomic E-state index is 14.4. The Balaban J connectivity index is 1.45. The SMILES string of the molecule is O=C(Nc1ccc2c(c1)OCCO2)C(Nc1ccc2c(c1)OCCO2)(c1ccccc1)c1ccccc1. The van der Waals surface area contributed by atoms with Crippen molar-refractivity contribution in [1.82, 2.24) is 0 Å². The quantitative estimate of drug-likeness (QED) is 0.383. The fourth-order valence-corrected chi connectivity index (χ4v) is 4.69. The van der Waals surface area contributed by atoms with Crippen LogP contribution in [0.15, 0.2) is 97.1 Å². The maximum Gasteiger partial charge on any atom is 0.259 e. The number of nitrogens with one attached hydrogen (secondary N) is 2. The molecule has 0 aromatic heterocycles. The molecular formula is C30H26N2O5. The average Bonchev–Trinajstić information content (AvgIpc) is 2.96. The third-order valence-corrected chi connectivity index (χ3v) is 6.43. The normalized spacial score (nSPS) is 13.9. The van der Waals surface area contributed by atoms with Gasteiger partial charge in [-0.25, -0.2) is 0 Å². The molecule has 7 nitrogen and oxygen atoms in total. The molecular weight excluding hydrogens is 468 g/mol. The zero-order valence-corrected chi connectivity index (χ0v) is 20.1. The van der Waals surface area contributed by atoms with Crippen LogP contribution in [-0.2, 0) is 10.3 Å². The largest absolute Gasteiger partial charge is 0.486 e. The fraction of sp³-hybridized carbons (Fsp3) is 0.167. The molecule has 2 aliphatic heterocycles. The third-order valence-electron chi connectivity index (χ3n) is 6.43. The van der Waals surface area contributed by atoms with Gasteiger partial charge in [0.05, 0.1) is 0 Å². The lowest BCUT2D eigenvalue weighted by molar-refractivity contribution is -0.119. The van der Waals surface area contributed by atoms with E-state index in [4.69, 9.17) is 18.9 Å². The molecule has 6 rings (SSSR count). The van der Waals surface area contributed by atoms with Gasteiger partial charge in [0, 0.05) is 23.5 Å². The summed E-state index contributed by atoms with van der Waals surface area (Å²) in [6.45, 7) is 1.95. The first kappa shape index (κ1) is 22.8. The van der Waals surface area contributed by atoms with Crippen molar-refractivity contribution in [2.75, 3.05) is 37.1 Å². The molecule has 0 bridgehead atoms. The maximum absolute atomic E-state index is 14.4. The average molecular weight is 495 g/mol. The fourth-order valence-electron chi connectivity index (χ4n) is 4.69. The summed E-state index contributed by atoms with van der Waals surface area (Å²) in [5.74, 6) is 2.34. The summed E-state index contributed by atoms with van der Waals surface area (Å²) in [5, 5.41) is 6.67. The molecule has 0 radical (unpaired) electrons. The van der Waals surface area contributed by atoms with Gasteiger partial charge in [-0.2, -0.15) is 0 Å². The molecule has 0 unspecified atom stereocenters. The highest BCUT2D eigenvalue weighted by Gasteiger charge is 2.42. The Morgan fingerprint density at radius 2 is 1.03 bits per heavy atom. The molecule has 0 atom stereocenters. The summed E-state index contributed by atoms with van der Waals surface area (Å²) >= 11 is 0. The summed E-state index contributed by atoms with van der Waals surface area (Å²) in [7, 11) is 0. The van der Waals surface area contributed by atoms with Crippen LogP contribution < -0.4 is 29.6 Å². The summed E-state index contributed by atoms with van der Waals surface area (Å²) in [6, 6.07) is 30.4. The van der Waals surface area contributed by atoms with E-state index in [1.54, 1.807) is 6.07 Å². The van der Waals surface area contributed by atoms with E-state index in [2.05, 4.69) is 10.6 Å². The van der Waals surface area contributed by atoms with Gasteiger partial charge in [0.2, 0.25) is 0 Å². The first-order chi connectivity index (χ1) is 18.2. The molecule has 37 heavy (non-hydrogen) atoms. The molecule has 4 aromatic carbocycles.